The van der Waals surface area contributed by atoms with E-state index in [1.165, 1.54) is 18.0 Å². The summed E-state index contributed by atoms with van der Waals surface area (Å²) in [6.45, 7) is 0.141. The number of carbonyl (C=O) groups is 2. The van der Waals surface area contributed by atoms with Crippen molar-refractivity contribution in [1.29, 1.82) is 0 Å². The van der Waals surface area contributed by atoms with Crippen LogP contribution >= 0.6 is 0 Å². The average molecular weight is 406 g/mol. The van der Waals surface area contributed by atoms with Crippen molar-refractivity contribution in [3.8, 4) is 0 Å². The second kappa shape index (κ2) is 8.38. The molecule has 1 atom stereocenters. The number of nitrogens with zero attached hydrogens (tertiary/aromatic N) is 1. The van der Waals surface area contributed by atoms with E-state index >= 15 is 0 Å². The molecule has 0 aromatic heterocycles. The summed E-state index contributed by atoms with van der Waals surface area (Å²) in [4.78, 5) is 26.8. The lowest BCUT2D eigenvalue weighted by Gasteiger charge is -2.36. The minimum atomic E-state index is -4.40. The Hall–Kier alpha value is -2.95. The summed E-state index contributed by atoms with van der Waals surface area (Å²) in [5.41, 5.74) is 2.18. The predicted octanol–water partition coefficient (Wildman–Crippen LogP) is 1.38. The standard InChI is InChI=1S/C18H19N3O5S.H3N/c1-19-17(22)16-10-13-7-8-15(20-27(24,25)26)9-14(13)11-21(16)18(23)12-5-3-2-4-6-12;/h2-9,16,20H,10-11H2,1H3,(H,19,22)(H,24,25,26);1H3/t16-;/m0./s1. The lowest BCUT2D eigenvalue weighted by Crippen LogP contribution is -2.51. The largest absolute Gasteiger partial charge is 0.357 e. The molecule has 0 saturated carbocycles. The first-order valence-corrected chi connectivity index (χ1v) is 9.67. The highest BCUT2D eigenvalue weighted by Gasteiger charge is 2.34. The zero-order chi connectivity index (χ0) is 19.6. The van der Waals surface area contributed by atoms with Gasteiger partial charge in [-0.05, 0) is 35.4 Å². The second-order valence-electron chi connectivity index (χ2n) is 6.19. The molecule has 10 heteroatoms. The van der Waals surface area contributed by atoms with Crippen molar-refractivity contribution in [2.45, 2.75) is 19.0 Å². The number of anilines is 1. The van der Waals surface area contributed by atoms with Gasteiger partial charge in [0.15, 0.2) is 0 Å². The van der Waals surface area contributed by atoms with E-state index < -0.39 is 16.3 Å². The summed E-state index contributed by atoms with van der Waals surface area (Å²) < 4.78 is 33.0. The van der Waals surface area contributed by atoms with Gasteiger partial charge in [-0.1, -0.05) is 24.3 Å². The maximum absolute atomic E-state index is 12.9. The topological polar surface area (TPSA) is 151 Å². The molecule has 1 aliphatic heterocycles. The fourth-order valence-electron chi connectivity index (χ4n) is 3.16. The van der Waals surface area contributed by atoms with E-state index in [1.807, 2.05) is 4.72 Å². The minimum absolute atomic E-state index is 0. The summed E-state index contributed by atoms with van der Waals surface area (Å²) in [7, 11) is -2.88. The maximum Gasteiger partial charge on any atom is 0.357 e. The number of fused-ring (bicyclic) bond motifs is 1. The zero-order valence-corrected chi connectivity index (χ0v) is 16.1. The molecule has 2 aromatic carbocycles. The second-order valence-corrected chi connectivity index (χ2v) is 7.35. The molecule has 0 unspecified atom stereocenters. The smallest absolute Gasteiger partial charge is 0.357 e. The van der Waals surface area contributed by atoms with Crippen LogP contribution in [0, 0.1) is 0 Å². The Morgan fingerprint density at radius 3 is 2.39 bits per heavy atom. The van der Waals surface area contributed by atoms with Crippen molar-refractivity contribution >= 4 is 27.8 Å². The van der Waals surface area contributed by atoms with Crippen LogP contribution in [0.5, 0.6) is 0 Å². The summed E-state index contributed by atoms with van der Waals surface area (Å²) >= 11 is 0. The minimum Gasteiger partial charge on any atom is -0.357 e. The molecule has 2 aromatic rings. The fourth-order valence-corrected chi connectivity index (χ4v) is 3.58. The maximum atomic E-state index is 12.9. The lowest BCUT2D eigenvalue weighted by molar-refractivity contribution is -0.125. The van der Waals surface area contributed by atoms with Crippen LogP contribution in [0.3, 0.4) is 0 Å². The number of nitrogens with one attached hydrogen (secondary N) is 2. The molecule has 1 heterocycles. The fraction of sp³-hybridized carbons (Fsp3) is 0.222. The monoisotopic (exact) mass is 406 g/mol. The highest BCUT2D eigenvalue weighted by Crippen LogP contribution is 2.28. The van der Waals surface area contributed by atoms with E-state index in [2.05, 4.69) is 5.32 Å². The number of rotatable bonds is 4. The molecule has 0 saturated heterocycles. The third-order valence-corrected chi connectivity index (χ3v) is 4.91. The quantitative estimate of drug-likeness (QED) is 0.563. The normalized spacial score (nSPS) is 15.8. The number of hydrogen-bond acceptors (Lipinski definition) is 5. The van der Waals surface area contributed by atoms with Crippen LogP contribution in [0.25, 0.3) is 0 Å². The van der Waals surface area contributed by atoms with E-state index in [4.69, 9.17) is 4.55 Å². The van der Waals surface area contributed by atoms with Gasteiger partial charge in [0.1, 0.15) is 6.04 Å². The van der Waals surface area contributed by atoms with Gasteiger partial charge in [-0.25, -0.2) is 0 Å². The van der Waals surface area contributed by atoms with Crippen molar-refractivity contribution in [3.05, 3.63) is 65.2 Å². The summed E-state index contributed by atoms with van der Waals surface area (Å²) in [6, 6.07) is 12.7. The Balaban J connectivity index is 0.00000280. The molecule has 150 valence electrons. The molecule has 1 aliphatic rings. The van der Waals surface area contributed by atoms with Crippen LogP contribution in [-0.4, -0.2) is 42.8 Å². The third kappa shape index (κ3) is 4.66. The van der Waals surface area contributed by atoms with Gasteiger partial charge in [0.2, 0.25) is 5.91 Å². The van der Waals surface area contributed by atoms with E-state index in [9.17, 15) is 18.0 Å². The number of carbonyl (C=O) groups excluding carboxylic acids is 2. The van der Waals surface area contributed by atoms with Gasteiger partial charge in [-0.3, -0.25) is 18.9 Å². The molecule has 0 fully saturated rings. The molecule has 0 spiro atoms. The van der Waals surface area contributed by atoms with Crippen LogP contribution in [0.2, 0.25) is 0 Å². The molecule has 28 heavy (non-hydrogen) atoms. The van der Waals surface area contributed by atoms with Gasteiger partial charge >= 0.3 is 10.3 Å². The molecule has 0 bridgehead atoms. The van der Waals surface area contributed by atoms with Gasteiger partial charge in [-0.15, -0.1) is 0 Å². The molecular weight excluding hydrogens is 384 g/mol. The number of amides is 2. The first-order chi connectivity index (χ1) is 12.8. The molecule has 9 nitrogen and oxygen atoms in total. The van der Waals surface area contributed by atoms with Crippen LogP contribution in [-0.2, 0) is 28.1 Å². The van der Waals surface area contributed by atoms with Crippen molar-refractivity contribution in [3.63, 3.8) is 0 Å². The van der Waals surface area contributed by atoms with E-state index in [0.29, 0.717) is 17.5 Å². The predicted molar refractivity (Wildman–Crippen MR) is 105 cm³/mol. The Kier molecular flexibility index (Phi) is 6.39. The highest BCUT2D eigenvalue weighted by atomic mass is 32.2. The lowest BCUT2D eigenvalue weighted by atomic mass is 9.92. The van der Waals surface area contributed by atoms with Gasteiger partial charge in [-0.2, -0.15) is 8.42 Å². The molecule has 0 radical (unpaired) electrons. The molecule has 6 N–H and O–H groups in total. The van der Waals surface area contributed by atoms with Gasteiger partial charge in [0, 0.05) is 25.6 Å². The summed E-state index contributed by atoms with van der Waals surface area (Å²) in [5.74, 6) is -0.562. The Bertz CT molecular complexity index is 979. The van der Waals surface area contributed by atoms with Crippen LogP contribution in [0.1, 0.15) is 21.5 Å². The van der Waals surface area contributed by atoms with Crippen LogP contribution < -0.4 is 16.2 Å². The summed E-state index contributed by atoms with van der Waals surface area (Å²) in [6.07, 6.45) is 0.305. The third-order valence-electron chi connectivity index (χ3n) is 4.41. The van der Waals surface area contributed by atoms with Crippen molar-refractivity contribution in [2.75, 3.05) is 11.8 Å². The first kappa shape index (κ1) is 21.4. The van der Waals surface area contributed by atoms with Gasteiger partial charge in [0.25, 0.3) is 5.91 Å². The molecular formula is C18H22N4O5S. The highest BCUT2D eigenvalue weighted by molar-refractivity contribution is 7.87. The molecule has 3 rings (SSSR count). The van der Waals surface area contributed by atoms with Gasteiger partial charge in [0.05, 0.1) is 5.69 Å². The van der Waals surface area contributed by atoms with Crippen LogP contribution in [0.15, 0.2) is 48.5 Å². The Labute approximate surface area is 163 Å². The van der Waals surface area contributed by atoms with Crippen molar-refractivity contribution in [1.82, 2.24) is 16.4 Å². The van der Waals surface area contributed by atoms with Crippen molar-refractivity contribution < 1.29 is 22.6 Å². The first-order valence-electron chi connectivity index (χ1n) is 8.23. The molecule has 0 aliphatic carbocycles. The van der Waals surface area contributed by atoms with E-state index in [-0.39, 0.29) is 30.2 Å². The zero-order valence-electron chi connectivity index (χ0n) is 15.3. The average Bonchev–Trinajstić information content (AvgIpc) is 2.65. The van der Waals surface area contributed by atoms with Crippen molar-refractivity contribution in [2.24, 2.45) is 0 Å². The number of hydrogen-bond donors (Lipinski definition) is 4. The summed E-state index contributed by atoms with van der Waals surface area (Å²) in [5, 5.41) is 2.59. The number of likely N-dealkylation sites (N-methyl/N-ethyl adjacent to an activating group) is 1. The SMILES string of the molecule is CNC(=O)[C@@H]1Cc2ccc(NS(=O)(=O)O)cc2CN1C(=O)c1ccccc1.N. The van der Waals surface area contributed by atoms with E-state index in [1.54, 1.807) is 42.5 Å². The van der Waals surface area contributed by atoms with E-state index in [0.717, 1.165) is 5.56 Å². The Morgan fingerprint density at radius 2 is 1.79 bits per heavy atom. The van der Waals surface area contributed by atoms with Crippen LogP contribution in [0.4, 0.5) is 5.69 Å². The van der Waals surface area contributed by atoms with Gasteiger partial charge < -0.3 is 16.4 Å². The Morgan fingerprint density at radius 1 is 1.11 bits per heavy atom. The number of benzene rings is 2. The molecule has 2 amide bonds.